The summed E-state index contributed by atoms with van der Waals surface area (Å²) in [6.07, 6.45) is 0.738. The SMILES string of the molecule is C[C@@H](Nc1ccc(NS(=O)(=O)c2ccc3c(c2)OCCCO3)cc1)C(=O)N(C)c1ccccc1. The van der Waals surface area contributed by atoms with Crippen molar-refractivity contribution in [2.75, 3.05) is 35.2 Å². The van der Waals surface area contributed by atoms with Gasteiger partial charge in [0.05, 0.1) is 18.1 Å². The summed E-state index contributed by atoms with van der Waals surface area (Å²) in [5.74, 6) is 0.859. The van der Waals surface area contributed by atoms with Gasteiger partial charge >= 0.3 is 0 Å². The van der Waals surface area contributed by atoms with Gasteiger partial charge in [0.1, 0.15) is 6.04 Å². The third-order valence-corrected chi connectivity index (χ3v) is 6.77. The molecule has 3 aromatic carbocycles. The zero-order valence-corrected chi connectivity index (χ0v) is 19.8. The zero-order chi connectivity index (χ0) is 24.1. The second-order valence-corrected chi connectivity index (χ2v) is 9.62. The number of para-hydroxylation sites is 1. The van der Waals surface area contributed by atoms with Gasteiger partial charge in [0.25, 0.3) is 10.0 Å². The lowest BCUT2D eigenvalue weighted by atomic mass is 10.2. The lowest BCUT2D eigenvalue weighted by Gasteiger charge is -2.23. The first-order valence-electron chi connectivity index (χ1n) is 11.0. The van der Waals surface area contributed by atoms with E-state index in [0.717, 1.165) is 12.1 Å². The van der Waals surface area contributed by atoms with Crippen LogP contribution in [0.2, 0.25) is 0 Å². The Labute approximate surface area is 199 Å². The van der Waals surface area contributed by atoms with E-state index < -0.39 is 16.1 Å². The van der Waals surface area contributed by atoms with Crippen LogP contribution < -0.4 is 24.4 Å². The molecule has 1 aliphatic heterocycles. The average Bonchev–Trinajstić information content (AvgIpc) is 3.09. The Balaban J connectivity index is 1.40. The molecule has 0 saturated carbocycles. The van der Waals surface area contributed by atoms with Crippen LogP contribution in [0.3, 0.4) is 0 Å². The molecule has 0 unspecified atom stereocenters. The summed E-state index contributed by atoms with van der Waals surface area (Å²) in [5, 5.41) is 3.16. The van der Waals surface area contributed by atoms with Crippen LogP contribution in [-0.2, 0) is 14.8 Å². The maximum Gasteiger partial charge on any atom is 0.262 e. The zero-order valence-electron chi connectivity index (χ0n) is 19.0. The molecule has 1 amide bonds. The van der Waals surface area contributed by atoms with Gasteiger partial charge in [-0.1, -0.05) is 18.2 Å². The van der Waals surface area contributed by atoms with E-state index in [0.29, 0.717) is 36.1 Å². The van der Waals surface area contributed by atoms with Gasteiger partial charge in [-0.25, -0.2) is 8.42 Å². The van der Waals surface area contributed by atoms with E-state index in [1.165, 1.54) is 12.1 Å². The minimum Gasteiger partial charge on any atom is -0.490 e. The summed E-state index contributed by atoms with van der Waals surface area (Å²) in [7, 11) is -2.09. The van der Waals surface area contributed by atoms with Crippen molar-refractivity contribution < 1.29 is 22.7 Å². The predicted molar refractivity (Wildman–Crippen MR) is 132 cm³/mol. The number of ether oxygens (including phenoxy) is 2. The Hall–Kier alpha value is -3.72. The van der Waals surface area contributed by atoms with E-state index in [2.05, 4.69) is 10.0 Å². The van der Waals surface area contributed by atoms with E-state index in [4.69, 9.17) is 9.47 Å². The highest BCUT2D eigenvalue weighted by atomic mass is 32.2. The number of hydrogen-bond donors (Lipinski definition) is 2. The quantitative estimate of drug-likeness (QED) is 0.527. The van der Waals surface area contributed by atoms with Crippen molar-refractivity contribution in [3.05, 3.63) is 72.8 Å². The number of hydrogen-bond acceptors (Lipinski definition) is 6. The lowest BCUT2D eigenvalue weighted by Crippen LogP contribution is -2.39. The molecule has 1 heterocycles. The number of likely N-dealkylation sites (N-methyl/N-ethyl adjacent to an activating group) is 1. The van der Waals surface area contributed by atoms with Crippen molar-refractivity contribution in [2.45, 2.75) is 24.3 Å². The Morgan fingerprint density at radius 2 is 1.56 bits per heavy atom. The molecular weight excluding hydrogens is 454 g/mol. The Kier molecular flexibility index (Phi) is 6.93. The molecule has 1 aliphatic rings. The van der Waals surface area contributed by atoms with E-state index in [-0.39, 0.29) is 10.8 Å². The maximum absolute atomic E-state index is 12.9. The number of carbonyl (C=O) groups excluding carboxylic acids is 1. The highest BCUT2D eigenvalue weighted by molar-refractivity contribution is 7.92. The lowest BCUT2D eigenvalue weighted by molar-refractivity contribution is -0.118. The minimum absolute atomic E-state index is 0.0853. The van der Waals surface area contributed by atoms with E-state index >= 15 is 0 Å². The largest absolute Gasteiger partial charge is 0.490 e. The molecule has 0 fully saturated rings. The summed E-state index contributed by atoms with van der Waals surface area (Å²) in [6, 6.07) is 20.2. The predicted octanol–water partition coefficient (Wildman–Crippen LogP) is 4.11. The molecule has 0 radical (unpaired) electrons. The first kappa shape index (κ1) is 23.4. The summed E-state index contributed by atoms with van der Waals surface area (Å²) >= 11 is 0. The smallest absolute Gasteiger partial charge is 0.262 e. The van der Waals surface area contributed by atoms with Gasteiger partial charge in [0.2, 0.25) is 5.91 Å². The fourth-order valence-corrected chi connectivity index (χ4v) is 4.61. The van der Waals surface area contributed by atoms with Crippen LogP contribution in [0.4, 0.5) is 17.1 Å². The van der Waals surface area contributed by atoms with E-state index in [9.17, 15) is 13.2 Å². The number of anilines is 3. The van der Waals surface area contributed by atoms with E-state index in [1.807, 2.05) is 30.3 Å². The van der Waals surface area contributed by atoms with Crippen molar-refractivity contribution in [3.63, 3.8) is 0 Å². The fourth-order valence-electron chi connectivity index (χ4n) is 3.54. The molecular formula is C25H27N3O5S. The third kappa shape index (κ3) is 5.43. The monoisotopic (exact) mass is 481 g/mol. The van der Waals surface area contributed by atoms with Gasteiger partial charge in [-0.3, -0.25) is 9.52 Å². The number of fused-ring (bicyclic) bond motifs is 1. The van der Waals surface area contributed by atoms with Gasteiger partial charge < -0.3 is 19.7 Å². The molecule has 4 rings (SSSR count). The maximum atomic E-state index is 12.9. The van der Waals surface area contributed by atoms with Crippen LogP contribution in [0, 0.1) is 0 Å². The molecule has 178 valence electrons. The molecule has 0 spiro atoms. The number of nitrogens with one attached hydrogen (secondary N) is 2. The van der Waals surface area contributed by atoms with Crippen LogP contribution in [0.1, 0.15) is 13.3 Å². The molecule has 0 aliphatic carbocycles. The second kappa shape index (κ2) is 10.0. The Morgan fingerprint density at radius 1 is 0.912 bits per heavy atom. The number of nitrogens with zero attached hydrogens (tertiary/aromatic N) is 1. The number of carbonyl (C=O) groups is 1. The molecule has 1 atom stereocenters. The Morgan fingerprint density at radius 3 is 2.26 bits per heavy atom. The van der Waals surface area contributed by atoms with Crippen molar-refractivity contribution in [2.24, 2.45) is 0 Å². The molecule has 2 N–H and O–H groups in total. The van der Waals surface area contributed by atoms with Gasteiger partial charge in [0, 0.05) is 36.6 Å². The number of sulfonamides is 1. The molecule has 34 heavy (non-hydrogen) atoms. The molecule has 0 aromatic heterocycles. The van der Waals surface area contributed by atoms with Gasteiger partial charge in [0.15, 0.2) is 11.5 Å². The average molecular weight is 482 g/mol. The highest BCUT2D eigenvalue weighted by Gasteiger charge is 2.20. The third-order valence-electron chi connectivity index (χ3n) is 5.39. The van der Waals surface area contributed by atoms with Crippen molar-refractivity contribution >= 4 is 33.0 Å². The minimum atomic E-state index is -3.82. The topological polar surface area (TPSA) is 97.0 Å². The second-order valence-electron chi connectivity index (χ2n) is 7.94. The normalized spacial score (nSPS) is 13.9. The summed E-state index contributed by atoms with van der Waals surface area (Å²) in [4.78, 5) is 14.4. The molecule has 8 nitrogen and oxygen atoms in total. The summed E-state index contributed by atoms with van der Waals surface area (Å²) in [6.45, 7) is 2.79. The first-order chi connectivity index (χ1) is 16.3. The summed E-state index contributed by atoms with van der Waals surface area (Å²) < 4.78 is 39.5. The number of benzene rings is 3. The molecule has 3 aromatic rings. The van der Waals surface area contributed by atoms with Gasteiger partial charge in [-0.05, 0) is 55.5 Å². The van der Waals surface area contributed by atoms with E-state index in [1.54, 1.807) is 49.2 Å². The fraction of sp³-hybridized carbons (Fsp3) is 0.240. The Bertz CT molecular complexity index is 1250. The standard InChI is InChI=1S/C25H27N3O5S/c1-18(25(29)28(2)21-7-4-3-5-8-21)26-19-9-11-20(12-10-19)27-34(30,31)22-13-14-23-24(17-22)33-16-6-15-32-23/h3-5,7-14,17-18,26-27H,6,15-16H2,1-2H3/t18-/m1/s1. The van der Waals surface area contributed by atoms with Crippen molar-refractivity contribution in [3.8, 4) is 11.5 Å². The molecule has 9 heteroatoms. The summed E-state index contributed by atoms with van der Waals surface area (Å²) in [5.41, 5.74) is 1.90. The van der Waals surface area contributed by atoms with Crippen LogP contribution >= 0.6 is 0 Å². The van der Waals surface area contributed by atoms with Crippen LogP contribution in [-0.4, -0.2) is 40.6 Å². The highest BCUT2D eigenvalue weighted by Crippen LogP contribution is 2.32. The van der Waals surface area contributed by atoms with Crippen molar-refractivity contribution in [1.29, 1.82) is 0 Å². The number of rotatable bonds is 7. The van der Waals surface area contributed by atoms with Crippen molar-refractivity contribution in [1.82, 2.24) is 0 Å². The molecule has 0 bridgehead atoms. The number of amides is 1. The van der Waals surface area contributed by atoms with Gasteiger partial charge in [-0.2, -0.15) is 0 Å². The first-order valence-corrected chi connectivity index (χ1v) is 12.4. The van der Waals surface area contributed by atoms with Crippen LogP contribution in [0.25, 0.3) is 0 Å². The van der Waals surface area contributed by atoms with Crippen LogP contribution in [0.5, 0.6) is 11.5 Å². The molecule has 0 saturated heterocycles. The van der Waals surface area contributed by atoms with Gasteiger partial charge in [-0.15, -0.1) is 0 Å². The van der Waals surface area contributed by atoms with Crippen LogP contribution in [0.15, 0.2) is 77.7 Å².